The Kier molecular flexibility index (Phi) is 8.35. The number of hydrogen-bond donors (Lipinski definition) is 3. The maximum absolute atomic E-state index is 11.9. The molecule has 0 aromatic rings. The number of rotatable bonds is 8. The largest absolute Gasteiger partial charge is 0.481 e. The fourth-order valence-electron chi connectivity index (χ4n) is 1.59. The molecule has 7 nitrogen and oxygen atoms in total. The standard InChI is InChI=1S/C13H25N3O4/c1-9(2)15-11(17)5-7-14-13(20)16(10(3)4)8-6-12(18)19/h9-10H,5-8H2,1-4H3,(H,14,20)(H,15,17)(H,18,19). The average Bonchev–Trinajstić information content (AvgIpc) is 2.26. The van der Waals surface area contributed by atoms with Crippen LogP contribution >= 0.6 is 0 Å². The van der Waals surface area contributed by atoms with E-state index in [9.17, 15) is 14.4 Å². The summed E-state index contributed by atoms with van der Waals surface area (Å²) in [6.07, 6.45) is 0.105. The van der Waals surface area contributed by atoms with Crippen LogP contribution in [-0.4, -0.2) is 53.1 Å². The molecule has 0 aliphatic carbocycles. The zero-order valence-corrected chi connectivity index (χ0v) is 12.6. The molecule has 0 rings (SSSR count). The first kappa shape index (κ1) is 18.2. The van der Waals surface area contributed by atoms with Gasteiger partial charge in [-0.3, -0.25) is 9.59 Å². The van der Waals surface area contributed by atoms with Gasteiger partial charge in [-0.25, -0.2) is 4.79 Å². The number of carbonyl (C=O) groups is 3. The van der Waals surface area contributed by atoms with Gasteiger partial charge in [-0.1, -0.05) is 0 Å². The van der Waals surface area contributed by atoms with Crippen LogP contribution in [0.15, 0.2) is 0 Å². The summed E-state index contributed by atoms with van der Waals surface area (Å²) in [7, 11) is 0. The van der Waals surface area contributed by atoms with Gasteiger partial charge in [-0.2, -0.15) is 0 Å². The Hall–Kier alpha value is -1.79. The predicted molar refractivity (Wildman–Crippen MR) is 75.4 cm³/mol. The van der Waals surface area contributed by atoms with Crippen molar-refractivity contribution in [1.29, 1.82) is 0 Å². The van der Waals surface area contributed by atoms with Gasteiger partial charge >= 0.3 is 12.0 Å². The molecule has 0 bridgehead atoms. The highest BCUT2D eigenvalue weighted by atomic mass is 16.4. The van der Waals surface area contributed by atoms with Gasteiger partial charge in [0.05, 0.1) is 6.42 Å². The van der Waals surface area contributed by atoms with Crippen molar-refractivity contribution in [2.45, 2.75) is 52.6 Å². The van der Waals surface area contributed by atoms with Crippen LogP contribution in [0.25, 0.3) is 0 Å². The van der Waals surface area contributed by atoms with Crippen molar-refractivity contribution in [3.63, 3.8) is 0 Å². The molecule has 0 aliphatic heterocycles. The van der Waals surface area contributed by atoms with Gasteiger partial charge in [0.1, 0.15) is 0 Å². The molecule has 0 radical (unpaired) electrons. The summed E-state index contributed by atoms with van der Waals surface area (Å²) in [5.74, 6) is -1.07. The lowest BCUT2D eigenvalue weighted by Gasteiger charge is -2.26. The third-order valence-corrected chi connectivity index (χ3v) is 2.53. The summed E-state index contributed by atoms with van der Waals surface area (Å²) < 4.78 is 0. The number of urea groups is 1. The van der Waals surface area contributed by atoms with Gasteiger partial charge in [0.15, 0.2) is 0 Å². The van der Waals surface area contributed by atoms with E-state index in [4.69, 9.17) is 5.11 Å². The molecule has 20 heavy (non-hydrogen) atoms. The topological polar surface area (TPSA) is 98.7 Å². The smallest absolute Gasteiger partial charge is 0.317 e. The number of aliphatic carboxylic acids is 1. The summed E-state index contributed by atoms with van der Waals surface area (Å²) in [4.78, 5) is 35.3. The molecule has 0 spiro atoms. The number of carboxylic acid groups (broad SMARTS) is 1. The Labute approximate surface area is 119 Å². The first-order valence-electron chi connectivity index (χ1n) is 6.79. The second-order valence-electron chi connectivity index (χ2n) is 5.14. The maximum atomic E-state index is 11.9. The Morgan fingerprint density at radius 3 is 2.15 bits per heavy atom. The van der Waals surface area contributed by atoms with Crippen LogP contribution in [0.3, 0.4) is 0 Å². The normalized spacial score (nSPS) is 10.5. The highest BCUT2D eigenvalue weighted by Crippen LogP contribution is 2.00. The molecule has 0 atom stereocenters. The molecule has 0 saturated carbocycles. The first-order chi connectivity index (χ1) is 9.23. The number of carboxylic acids is 1. The lowest BCUT2D eigenvalue weighted by molar-refractivity contribution is -0.137. The summed E-state index contributed by atoms with van der Waals surface area (Å²) in [6.45, 7) is 7.73. The summed E-state index contributed by atoms with van der Waals surface area (Å²) >= 11 is 0. The van der Waals surface area contributed by atoms with Crippen LogP contribution in [0.1, 0.15) is 40.5 Å². The Balaban J connectivity index is 4.13. The minimum Gasteiger partial charge on any atom is -0.481 e. The van der Waals surface area contributed by atoms with E-state index in [-0.39, 0.29) is 50.0 Å². The van der Waals surface area contributed by atoms with Crippen LogP contribution < -0.4 is 10.6 Å². The second kappa shape index (κ2) is 9.17. The van der Waals surface area contributed by atoms with Gasteiger partial charge in [-0.05, 0) is 27.7 Å². The van der Waals surface area contributed by atoms with E-state index in [0.717, 1.165) is 0 Å². The molecule has 3 amide bonds. The average molecular weight is 287 g/mol. The lowest BCUT2D eigenvalue weighted by Crippen LogP contribution is -2.46. The summed E-state index contributed by atoms with van der Waals surface area (Å²) in [5, 5.41) is 14.0. The van der Waals surface area contributed by atoms with Crippen LogP contribution in [0.5, 0.6) is 0 Å². The van der Waals surface area contributed by atoms with Crippen LogP contribution in [-0.2, 0) is 9.59 Å². The molecule has 0 aromatic heterocycles. The fourth-order valence-corrected chi connectivity index (χ4v) is 1.59. The van der Waals surface area contributed by atoms with Crippen molar-refractivity contribution >= 4 is 17.9 Å². The van der Waals surface area contributed by atoms with Crippen molar-refractivity contribution in [1.82, 2.24) is 15.5 Å². The monoisotopic (exact) mass is 287 g/mol. The van der Waals surface area contributed by atoms with E-state index in [2.05, 4.69) is 10.6 Å². The van der Waals surface area contributed by atoms with Gasteiger partial charge < -0.3 is 20.6 Å². The zero-order chi connectivity index (χ0) is 15.7. The van der Waals surface area contributed by atoms with E-state index in [0.29, 0.717) is 0 Å². The van der Waals surface area contributed by atoms with Gasteiger partial charge in [0.2, 0.25) is 5.91 Å². The molecule has 0 aliphatic rings. The third-order valence-electron chi connectivity index (χ3n) is 2.53. The number of hydrogen-bond acceptors (Lipinski definition) is 3. The third kappa shape index (κ3) is 8.34. The Morgan fingerprint density at radius 1 is 1.10 bits per heavy atom. The van der Waals surface area contributed by atoms with Gasteiger partial charge in [0.25, 0.3) is 0 Å². The van der Waals surface area contributed by atoms with Gasteiger partial charge in [0, 0.05) is 31.6 Å². The van der Waals surface area contributed by atoms with Crippen LogP contribution in [0.2, 0.25) is 0 Å². The van der Waals surface area contributed by atoms with E-state index >= 15 is 0 Å². The first-order valence-corrected chi connectivity index (χ1v) is 6.79. The van der Waals surface area contributed by atoms with E-state index in [1.807, 2.05) is 27.7 Å². The van der Waals surface area contributed by atoms with E-state index < -0.39 is 5.97 Å². The van der Waals surface area contributed by atoms with E-state index in [1.54, 1.807) is 0 Å². The SMILES string of the molecule is CC(C)NC(=O)CCNC(=O)N(CCC(=O)O)C(C)C. The molecule has 0 heterocycles. The van der Waals surface area contributed by atoms with Crippen molar-refractivity contribution in [3.8, 4) is 0 Å². The highest BCUT2D eigenvalue weighted by molar-refractivity contribution is 5.78. The summed E-state index contributed by atoms with van der Waals surface area (Å²) in [6, 6.07) is -0.377. The van der Waals surface area contributed by atoms with Crippen molar-refractivity contribution in [2.75, 3.05) is 13.1 Å². The minimum absolute atomic E-state index is 0.0703. The number of amides is 3. The fraction of sp³-hybridized carbons (Fsp3) is 0.769. The number of nitrogens with zero attached hydrogens (tertiary/aromatic N) is 1. The zero-order valence-electron chi connectivity index (χ0n) is 12.6. The lowest BCUT2D eigenvalue weighted by atomic mass is 10.3. The molecule has 116 valence electrons. The summed E-state index contributed by atoms with van der Waals surface area (Å²) in [5.41, 5.74) is 0. The molecule has 3 N–H and O–H groups in total. The molecular formula is C13H25N3O4. The van der Waals surface area contributed by atoms with Crippen LogP contribution in [0, 0.1) is 0 Å². The number of carbonyl (C=O) groups excluding carboxylic acids is 2. The molecule has 0 saturated heterocycles. The maximum Gasteiger partial charge on any atom is 0.317 e. The molecule has 0 fully saturated rings. The van der Waals surface area contributed by atoms with Crippen LogP contribution in [0.4, 0.5) is 4.79 Å². The minimum atomic E-state index is -0.945. The Morgan fingerprint density at radius 2 is 1.70 bits per heavy atom. The second-order valence-corrected chi connectivity index (χ2v) is 5.14. The van der Waals surface area contributed by atoms with Crippen molar-refractivity contribution in [2.24, 2.45) is 0 Å². The van der Waals surface area contributed by atoms with E-state index in [1.165, 1.54) is 4.90 Å². The molecule has 0 aromatic carbocycles. The van der Waals surface area contributed by atoms with Crippen molar-refractivity contribution in [3.05, 3.63) is 0 Å². The Bertz CT molecular complexity index is 343. The molecule has 0 unspecified atom stereocenters. The highest BCUT2D eigenvalue weighted by Gasteiger charge is 2.17. The molecular weight excluding hydrogens is 262 g/mol. The number of nitrogens with one attached hydrogen (secondary N) is 2. The van der Waals surface area contributed by atoms with Crippen molar-refractivity contribution < 1.29 is 19.5 Å². The van der Waals surface area contributed by atoms with Gasteiger partial charge in [-0.15, -0.1) is 0 Å². The predicted octanol–water partition coefficient (Wildman–Crippen LogP) is 0.796. The quantitative estimate of drug-likeness (QED) is 0.615. The molecule has 7 heteroatoms.